The normalized spacial score (nSPS) is 17.3. The molecule has 2 amide bonds. The van der Waals surface area contributed by atoms with Crippen molar-refractivity contribution in [1.82, 2.24) is 4.90 Å². The van der Waals surface area contributed by atoms with Crippen molar-refractivity contribution in [2.45, 2.75) is 0 Å². The molecule has 1 aliphatic heterocycles. The molecule has 0 bridgehead atoms. The Morgan fingerprint density at radius 3 is 2.43 bits per heavy atom. The average Bonchev–Trinajstić information content (AvgIpc) is 2.40. The standard InChI is InChI=1S/C12H13IN2O5S/c13-8-1-2-10(9(7-8)11(16)17)14-12(18)15-3-5-21(19,20)6-4-15/h1-2,7H,3-6H2,(H,14,18)(H,16,17). The van der Waals surface area contributed by atoms with Gasteiger partial charge in [-0.05, 0) is 40.8 Å². The molecule has 114 valence electrons. The second kappa shape index (κ2) is 6.18. The SMILES string of the molecule is O=C(O)c1cc(I)ccc1NC(=O)N1CCS(=O)(=O)CC1. The summed E-state index contributed by atoms with van der Waals surface area (Å²) in [4.78, 5) is 24.6. The quantitative estimate of drug-likeness (QED) is 0.696. The van der Waals surface area contributed by atoms with Crippen molar-refractivity contribution in [2.75, 3.05) is 29.9 Å². The zero-order chi connectivity index (χ0) is 15.6. The minimum absolute atomic E-state index is 0.000110. The van der Waals surface area contributed by atoms with Crippen LogP contribution in [0.1, 0.15) is 10.4 Å². The van der Waals surface area contributed by atoms with Crippen LogP contribution < -0.4 is 5.32 Å². The van der Waals surface area contributed by atoms with E-state index >= 15 is 0 Å². The number of carbonyl (C=O) groups is 2. The lowest BCUT2D eigenvalue weighted by Gasteiger charge is -2.27. The number of rotatable bonds is 2. The van der Waals surface area contributed by atoms with Crippen molar-refractivity contribution >= 4 is 50.1 Å². The van der Waals surface area contributed by atoms with Gasteiger partial charge in [-0.25, -0.2) is 18.0 Å². The monoisotopic (exact) mass is 424 g/mol. The van der Waals surface area contributed by atoms with E-state index in [4.69, 9.17) is 5.11 Å². The van der Waals surface area contributed by atoms with Gasteiger partial charge in [-0.15, -0.1) is 0 Å². The molecule has 2 N–H and O–H groups in total. The number of nitrogens with one attached hydrogen (secondary N) is 1. The zero-order valence-electron chi connectivity index (χ0n) is 10.9. The van der Waals surface area contributed by atoms with E-state index in [0.29, 0.717) is 0 Å². The third kappa shape index (κ3) is 4.06. The smallest absolute Gasteiger partial charge is 0.337 e. The number of hydrogen-bond donors (Lipinski definition) is 2. The number of anilines is 1. The number of benzene rings is 1. The summed E-state index contributed by atoms with van der Waals surface area (Å²) < 4.78 is 23.4. The van der Waals surface area contributed by atoms with Crippen LogP contribution in [0, 0.1) is 3.57 Å². The van der Waals surface area contributed by atoms with Crippen molar-refractivity contribution in [2.24, 2.45) is 0 Å². The van der Waals surface area contributed by atoms with Gasteiger partial charge in [0.2, 0.25) is 0 Å². The lowest BCUT2D eigenvalue weighted by molar-refractivity contribution is 0.0698. The summed E-state index contributed by atoms with van der Waals surface area (Å²) in [6, 6.07) is 4.17. The molecule has 0 saturated carbocycles. The number of amides is 2. The Morgan fingerprint density at radius 2 is 1.86 bits per heavy atom. The van der Waals surface area contributed by atoms with E-state index in [1.165, 1.54) is 17.0 Å². The van der Waals surface area contributed by atoms with Gasteiger partial charge in [0, 0.05) is 16.7 Å². The minimum Gasteiger partial charge on any atom is -0.478 e. The van der Waals surface area contributed by atoms with Gasteiger partial charge in [0.05, 0.1) is 22.8 Å². The molecular formula is C12H13IN2O5S. The van der Waals surface area contributed by atoms with Crippen LogP contribution in [0.15, 0.2) is 18.2 Å². The molecule has 1 fully saturated rings. The molecule has 1 aromatic rings. The van der Waals surface area contributed by atoms with Crippen LogP contribution in [0.3, 0.4) is 0 Å². The average molecular weight is 424 g/mol. The first-order valence-corrected chi connectivity index (χ1v) is 8.98. The zero-order valence-corrected chi connectivity index (χ0v) is 13.8. The van der Waals surface area contributed by atoms with Crippen LogP contribution in [-0.4, -0.2) is 55.0 Å². The molecule has 9 heteroatoms. The lowest BCUT2D eigenvalue weighted by Crippen LogP contribution is -2.45. The van der Waals surface area contributed by atoms with Crippen molar-refractivity contribution in [3.05, 3.63) is 27.3 Å². The number of hydrogen-bond acceptors (Lipinski definition) is 4. The minimum atomic E-state index is -3.07. The molecule has 2 rings (SSSR count). The van der Waals surface area contributed by atoms with Crippen LogP contribution >= 0.6 is 22.6 Å². The molecule has 0 spiro atoms. The fraction of sp³-hybridized carbons (Fsp3) is 0.333. The van der Waals surface area contributed by atoms with E-state index in [1.54, 1.807) is 6.07 Å². The summed E-state index contributed by atoms with van der Waals surface area (Å²) in [6.45, 7) is 0.224. The van der Waals surface area contributed by atoms with Gasteiger partial charge < -0.3 is 15.3 Å². The fourth-order valence-electron chi connectivity index (χ4n) is 1.91. The first kappa shape index (κ1) is 16.0. The van der Waals surface area contributed by atoms with E-state index in [0.717, 1.165) is 3.57 Å². The number of carboxylic acid groups (broad SMARTS) is 1. The summed E-state index contributed by atoms with van der Waals surface area (Å²) >= 11 is 1.98. The maximum atomic E-state index is 12.1. The maximum Gasteiger partial charge on any atom is 0.337 e. The van der Waals surface area contributed by atoms with E-state index in [1.807, 2.05) is 22.6 Å². The summed E-state index contributed by atoms with van der Waals surface area (Å²) in [5.41, 5.74) is 0.196. The van der Waals surface area contributed by atoms with Crippen molar-refractivity contribution in [3.8, 4) is 0 Å². The second-order valence-corrected chi connectivity index (χ2v) is 8.11. The van der Waals surface area contributed by atoms with E-state index in [2.05, 4.69) is 5.32 Å². The van der Waals surface area contributed by atoms with E-state index in [-0.39, 0.29) is 35.8 Å². The molecule has 0 aliphatic carbocycles. The molecule has 7 nitrogen and oxygen atoms in total. The molecule has 1 heterocycles. The highest BCUT2D eigenvalue weighted by atomic mass is 127. The van der Waals surface area contributed by atoms with Gasteiger partial charge >= 0.3 is 12.0 Å². The fourth-order valence-corrected chi connectivity index (χ4v) is 3.60. The Morgan fingerprint density at radius 1 is 1.24 bits per heavy atom. The molecule has 1 saturated heterocycles. The van der Waals surface area contributed by atoms with Crippen molar-refractivity contribution < 1.29 is 23.1 Å². The number of sulfone groups is 1. The number of halogens is 1. The molecule has 0 atom stereocenters. The summed E-state index contributed by atoms with van der Waals surface area (Å²) in [5.74, 6) is -1.28. The van der Waals surface area contributed by atoms with E-state index < -0.39 is 21.8 Å². The molecule has 0 unspecified atom stereocenters. The lowest BCUT2D eigenvalue weighted by atomic mass is 10.2. The number of nitrogens with zero attached hydrogens (tertiary/aromatic N) is 1. The summed E-state index contributed by atoms with van der Waals surface area (Å²) in [5, 5.41) is 11.7. The van der Waals surface area contributed by atoms with Gasteiger partial charge in [0.1, 0.15) is 0 Å². The van der Waals surface area contributed by atoms with Crippen LogP contribution in [0.25, 0.3) is 0 Å². The molecular weight excluding hydrogens is 411 g/mol. The molecule has 0 radical (unpaired) electrons. The van der Waals surface area contributed by atoms with E-state index in [9.17, 15) is 18.0 Å². The molecule has 1 aliphatic rings. The predicted molar refractivity (Wildman–Crippen MR) is 85.4 cm³/mol. The largest absolute Gasteiger partial charge is 0.478 e. The van der Waals surface area contributed by atoms with Crippen molar-refractivity contribution in [3.63, 3.8) is 0 Å². The number of carbonyl (C=O) groups excluding carboxylic acids is 1. The number of urea groups is 1. The van der Waals surface area contributed by atoms with Gasteiger partial charge in [0.25, 0.3) is 0 Å². The van der Waals surface area contributed by atoms with Crippen LogP contribution in [-0.2, 0) is 9.84 Å². The highest BCUT2D eigenvalue weighted by molar-refractivity contribution is 14.1. The first-order chi connectivity index (χ1) is 9.78. The second-order valence-electron chi connectivity index (χ2n) is 4.56. The Kier molecular flexibility index (Phi) is 4.71. The first-order valence-electron chi connectivity index (χ1n) is 6.08. The molecule has 1 aromatic carbocycles. The Balaban J connectivity index is 2.12. The Hall–Kier alpha value is -1.36. The van der Waals surface area contributed by atoms with Crippen LogP contribution in [0.5, 0.6) is 0 Å². The highest BCUT2D eigenvalue weighted by Crippen LogP contribution is 2.19. The Bertz CT molecular complexity index is 675. The maximum absolute atomic E-state index is 12.1. The molecule has 0 aromatic heterocycles. The third-order valence-electron chi connectivity index (χ3n) is 3.09. The Labute approximate surface area is 135 Å². The van der Waals surface area contributed by atoms with Gasteiger partial charge in [0.15, 0.2) is 9.84 Å². The van der Waals surface area contributed by atoms with Gasteiger partial charge in [-0.3, -0.25) is 0 Å². The highest BCUT2D eigenvalue weighted by Gasteiger charge is 2.25. The number of aromatic carboxylic acids is 1. The number of carboxylic acids is 1. The summed E-state index contributed by atoms with van der Waals surface area (Å²) in [7, 11) is -3.07. The van der Waals surface area contributed by atoms with Crippen LogP contribution in [0.4, 0.5) is 10.5 Å². The van der Waals surface area contributed by atoms with Gasteiger partial charge in [-0.1, -0.05) is 0 Å². The third-order valence-corrected chi connectivity index (χ3v) is 5.37. The van der Waals surface area contributed by atoms with Gasteiger partial charge in [-0.2, -0.15) is 0 Å². The molecule has 21 heavy (non-hydrogen) atoms. The predicted octanol–water partition coefficient (Wildman–Crippen LogP) is 1.25. The topological polar surface area (TPSA) is 104 Å². The van der Waals surface area contributed by atoms with Crippen molar-refractivity contribution in [1.29, 1.82) is 0 Å². The van der Waals surface area contributed by atoms with Crippen LogP contribution in [0.2, 0.25) is 0 Å². The summed E-state index contributed by atoms with van der Waals surface area (Å²) in [6.07, 6.45) is 0.